The molecule has 19 heavy (non-hydrogen) atoms. The quantitative estimate of drug-likeness (QED) is 0.728. The lowest BCUT2D eigenvalue weighted by molar-refractivity contribution is 0.262. The second-order valence-electron chi connectivity index (χ2n) is 3.94. The van der Waals surface area contributed by atoms with Crippen LogP contribution in [0.15, 0.2) is 36.5 Å². The molecule has 0 atom stereocenters. The van der Waals surface area contributed by atoms with Crippen molar-refractivity contribution in [2.75, 3.05) is 10.6 Å². The number of amides is 2. The van der Waals surface area contributed by atoms with Gasteiger partial charge in [-0.2, -0.15) is 0 Å². The van der Waals surface area contributed by atoms with Crippen LogP contribution >= 0.6 is 0 Å². The number of urea groups is 1. The molecule has 0 bridgehead atoms. The maximum atomic E-state index is 12.6. The van der Waals surface area contributed by atoms with Gasteiger partial charge in [0.2, 0.25) is 0 Å². The standard InChI is InChI=1S/C13H12FN3O2/c1-8-6-10(3-4-11(8)18)16-13(19)17-12-5-2-9(14)7-15-12/h2-7,18H,1H3,(H2,15,16,17,19). The number of aryl methyl sites for hydroxylation is 1. The smallest absolute Gasteiger partial charge is 0.324 e. The molecule has 0 fully saturated rings. The van der Waals surface area contributed by atoms with Crippen molar-refractivity contribution < 1.29 is 14.3 Å². The highest BCUT2D eigenvalue weighted by Crippen LogP contribution is 2.20. The van der Waals surface area contributed by atoms with E-state index in [0.717, 1.165) is 6.20 Å². The number of benzene rings is 1. The number of phenolic OH excluding ortho intramolecular Hbond substituents is 1. The number of hydrogen-bond donors (Lipinski definition) is 3. The molecule has 0 radical (unpaired) electrons. The van der Waals surface area contributed by atoms with Gasteiger partial charge in [-0.3, -0.25) is 5.32 Å². The minimum absolute atomic E-state index is 0.158. The Hall–Kier alpha value is -2.63. The minimum Gasteiger partial charge on any atom is -0.508 e. The number of halogens is 1. The summed E-state index contributed by atoms with van der Waals surface area (Å²) in [5.74, 6) is -0.0688. The first-order chi connectivity index (χ1) is 9.04. The third-order valence-electron chi connectivity index (χ3n) is 2.42. The number of rotatable bonds is 2. The van der Waals surface area contributed by atoms with E-state index in [-0.39, 0.29) is 11.6 Å². The Morgan fingerprint density at radius 1 is 1.26 bits per heavy atom. The van der Waals surface area contributed by atoms with Crippen LogP contribution in [-0.4, -0.2) is 16.1 Å². The molecule has 0 unspecified atom stereocenters. The zero-order chi connectivity index (χ0) is 13.8. The fourth-order valence-corrected chi connectivity index (χ4v) is 1.46. The number of aromatic hydroxyl groups is 1. The Bertz CT molecular complexity index is 599. The van der Waals surface area contributed by atoms with Gasteiger partial charge >= 0.3 is 6.03 Å². The van der Waals surface area contributed by atoms with E-state index in [1.165, 1.54) is 18.2 Å². The lowest BCUT2D eigenvalue weighted by Gasteiger charge is -2.08. The normalized spacial score (nSPS) is 10.0. The fraction of sp³-hybridized carbons (Fsp3) is 0.0769. The average molecular weight is 261 g/mol. The summed E-state index contributed by atoms with van der Waals surface area (Å²) in [6.07, 6.45) is 1.01. The van der Waals surface area contributed by atoms with Crippen molar-refractivity contribution in [2.24, 2.45) is 0 Å². The third-order valence-corrected chi connectivity index (χ3v) is 2.42. The van der Waals surface area contributed by atoms with Crippen LogP contribution in [0.2, 0.25) is 0 Å². The summed E-state index contributed by atoms with van der Waals surface area (Å²) in [6, 6.07) is 6.75. The summed E-state index contributed by atoms with van der Waals surface area (Å²) in [7, 11) is 0. The molecule has 2 rings (SSSR count). The summed E-state index contributed by atoms with van der Waals surface area (Å²) in [4.78, 5) is 15.3. The first kappa shape index (κ1) is 12.8. The Morgan fingerprint density at radius 3 is 2.68 bits per heavy atom. The monoisotopic (exact) mass is 261 g/mol. The summed E-state index contributed by atoms with van der Waals surface area (Å²) < 4.78 is 12.6. The number of phenols is 1. The highest BCUT2D eigenvalue weighted by Gasteiger charge is 2.05. The minimum atomic E-state index is -0.496. The van der Waals surface area contributed by atoms with E-state index in [1.54, 1.807) is 19.1 Å². The van der Waals surface area contributed by atoms with E-state index in [9.17, 15) is 14.3 Å². The van der Waals surface area contributed by atoms with Gasteiger partial charge in [0.15, 0.2) is 0 Å². The van der Waals surface area contributed by atoms with Crippen molar-refractivity contribution in [3.63, 3.8) is 0 Å². The molecule has 3 N–H and O–H groups in total. The number of nitrogens with zero attached hydrogens (tertiary/aromatic N) is 1. The third kappa shape index (κ3) is 3.41. The second-order valence-corrected chi connectivity index (χ2v) is 3.94. The van der Waals surface area contributed by atoms with Gasteiger partial charge in [0.1, 0.15) is 17.4 Å². The number of pyridine rings is 1. The lowest BCUT2D eigenvalue weighted by Crippen LogP contribution is -2.20. The van der Waals surface area contributed by atoms with Crippen molar-refractivity contribution in [3.05, 3.63) is 47.9 Å². The second kappa shape index (κ2) is 5.34. The topological polar surface area (TPSA) is 74.2 Å². The molecule has 5 nitrogen and oxygen atoms in total. The number of carbonyl (C=O) groups is 1. The number of anilines is 2. The van der Waals surface area contributed by atoms with Gasteiger partial charge in [0, 0.05) is 5.69 Å². The molecule has 0 spiro atoms. The maximum Gasteiger partial charge on any atom is 0.324 e. The van der Waals surface area contributed by atoms with Crippen molar-refractivity contribution in [1.82, 2.24) is 4.98 Å². The van der Waals surface area contributed by atoms with Crippen LogP contribution in [0.4, 0.5) is 20.7 Å². The SMILES string of the molecule is Cc1cc(NC(=O)Nc2ccc(F)cn2)ccc1O. The molecule has 1 heterocycles. The molecule has 0 aliphatic heterocycles. The molecule has 0 aliphatic rings. The van der Waals surface area contributed by atoms with Crippen LogP contribution in [0.3, 0.4) is 0 Å². The Balaban J connectivity index is 2.01. The summed E-state index contributed by atoms with van der Waals surface area (Å²) in [5, 5.41) is 14.4. The van der Waals surface area contributed by atoms with Gasteiger partial charge < -0.3 is 10.4 Å². The zero-order valence-corrected chi connectivity index (χ0v) is 10.1. The molecule has 98 valence electrons. The molecule has 1 aromatic carbocycles. The number of nitrogens with one attached hydrogen (secondary N) is 2. The van der Waals surface area contributed by atoms with Crippen LogP contribution in [-0.2, 0) is 0 Å². The zero-order valence-electron chi connectivity index (χ0n) is 10.1. The van der Waals surface area contributed by atoms with Crippen LogP contribution in [0.1, 0.15) is 5.56 Å². The first-order valence-electron chi connectivity index (χ1n) is 5.54. The molecule has 2 amide bonds. The van der Waals surface area contributed by atoms with Crippen LogP contribution in [0, 0.1) is 12.7 Å². The molecule has 0 saturated carbocycles. The summed E-state index contributed by atoms with van der Waals surface area (Å²) in [5.41, 5.74) is 1.19. The molecule has 2 aromatic rings. The Kier molecular flexibility index (Phi) is 3.61. The summed E-state index contributed by atoms with van der Waals surface area (Å²) in [6.45, 7) is 1.72. The molecule has 1 aromatic heterocycles. The number of aromatic nitrogens is 1. The molecule has 0 saturated heterocycles. The van der Waals surface area contributed by atoms with Crippen LogP contribution < -0.4 is 10.6 Å². The van der Waals surface area contributed by atoms with E-state index in [0.29, 0.717) is 11.3 Å². The Morgan fingerprint density at radius 2 is 2.05 bits per heavy atom. The molecule has 0 aliphatic carbocycles. The van der Waals surface area contributed by atoms with E-state index < -0.39 is 11.8 Å². The Labute approximate surface area is 109 Å². The molecule has 6 heteroatoms. The van der Waals surface area contributed by atoms with Crippen LogP contribution in [0.5, 0.6) is 5.75 Å². The highest BCUT2D eigenvalue weighted by molar-refractivity contribution is 5.99. The van der Waals surface area contributed by atoms with Gasteiger partial charge in [-0.05, 0) is 42.8 Å². The number of carbonyl (C=O) groups excluding carboxylic acids is 1. The van der Waals surface area contributed by atoms with E-state index in [1.807, 2.05) is 0 Å². The van der Waals surface area contributed by atoms with Crippen molar-refractivity contribution >= 4 is 17.5 Å². The van der Waals surface area contributed by atoms with E-state index >= 15 is 0 Å². The van der Waals surface area contributed by atoms with Crippen LogP contribution in [0.25, 0.3) is 0 Å². The highest BCUT2D eigenvalue weighted by atomic mass is 19.1. The van der Waals surface area contributed by atoms with Gasteiger partial charge in [-0.25, -0.2) is 14.2 Å². The average Bonchev–Trinajstić information content (AvgIpc) is 2.37. The van der Waals surface area contributed by atoms with Gasteiger partial charge in [0.25, 0.3) is 0 Å². The predicted octanol–water partition coefficient (Wildman–Crippen LogP) is 2.88. The largest absolute Gasteiger partial charge is 0.508 e. The lowest BCUT2D eigenvalue weighted by atomic mass is 10.2. The first-order valence-corrected chi connectivity index (χ1v) is 5.54. The van der Waals surface area contributed by atoms with E-state index in [4.69, 9.17) is 0 Å². The van der Waals surface area contributed by atoms with Gasteiger partial charge in [-0.15, -0.1) is 0 Å². The van der Waals surface area contributed by atoms with Gasteiger partial charge in [0.05, 0.1) is 6.20 Å². The number of hydrogen-bond acceptors (Lipinski definition) is 3. The van der Waals surface area contributed by atoms with Gasteiger partial charge in [-0.1, -0.05) is 0 Å². The fourth-order valence-electron chi connectivity index (χ4n) is 1.46. The van der Waals surface area contributed by atoms with Crippen molar-refractivity contribution in [1.29, 1.82) is 0 Å². The summed E-state index contributed by atoms with van der Waals surface area (Å²) >= 11 is 0. The van der Waals surface area contributed by atoms with E-state index in [2.05, 4.69) is 15.6 Å². The maximum absolute atomic E-state index is 12.6. The molecular formula is C13H12FN3O2. The predicted molar refractivity (Wildman–Crippen MR) is 69.7 cm³/mol. The molecular weight excluding hydrogens is 249 g/mol. The van der Waals surface area contributed by atoms with Crippen molar-refractivity contribution in [3.8, 4) is 5.75 Å². The van der Waals surface area contributed by atoms with Crippen molar-refractivity contribution in [2.45, 2.75) is 6.92 Å².